The van der Waals surface area contributed by atoms with Gasteiger partial charge in [-0.1, -0.05) is 0 Å². The minimum atomic E-state index is 0. The summed E-state index contributed by atoms with van der Waals surface area (Å²) in [6.07, 6.45) is 1.12. The molecule has 0 heterocycles. The standard InChI is InChI=1S/C14H23BrN2O2.2ClH/c1-4-19-13-9-11(8-12(15)14(13)18-3)10-17-7-5-6-16-2;;/h8-9,16-17H,4-7,10H2,1-3H3;2*1H. The van der Waals surface area contributed by atoms with Gasteiger partial charge < -0.3 is 20.1 Å². The van der Waals surface area contributed by atoms with E-state index >= 15 is 0 Å². The Balaban J connectivity index is 0. The van der Waals surface area contributed by atoms with Crippen molar-refractivity contribution in [1.29, 1.82) is 0 Å². The zero-order chi connectivity index (χ0) is 14.1. The van der Waals surface area contributed by atoms with Crippen LogP contribution in [0.2, 0.25) is 0 Å². The van der Waals surface area contributed by atoms with Gasteiger partial charge in [0.2, 0.25) is 0 Å². The number of benzene rings is 1. The molecule has 0 fully saturated rings. The smallest absolute Gasteiger partial charge is 0.174 e. The van der Waals surface area contributed by atoms with Gasteiger partial charge in [-0.05, 0) is 67.1 Å². The molecule has 0 saturated heterocycles. The van der Waals surface area contributed by atoms with Crippen LogP contribution < -0.4 is 20.1 Å². The highest BCUT2D eigenvalue weighted by Gasteiger charge is 2.10. The van der Waals surface area contributed by atoms with Gasteiger partial charge in [0.1, 0.15) is 0 Å². The lowest BCUT2D eigenvalue weighted by atomic mass is 10.2. The van der Waals surface area contributed by atoms with Gasteiger partial charge in [0, 0.05) is 6.54 Å². The number of ether oxygens (including phenoxy) is 2. The number of hydrogen-bond acceptors (Lipinski definition) is 4. The second-order valence-corrected chi connectivity index (χ2v) is 5.03. The van der Waals surface area contributed by atoms with E-state index in [-0.39, 0.29) is 24.8 Å². The fraction of sp³-hybridized carbons (Fsp3) is 0.571. The monoisotopic (exact) mass is 402 g/mol. The molecule has 0 saturated carbocycles. The maximum absolute atomic E-state index is 5.60. The SMILES string of the molecule is CCOc1cc(CNCCCNC)cc(Br)c1OC.Cl.Cl. The molecule has 0 amide bonds. The summed E-state index contributed by atoms with van der Waals surface area (Å²) >= 11 is 3.52. The molecule has 0 atom stereocenters. The second kappa shape index (κ2) is 13.5. The van der Waals surface area contributed by atoms with Crippen LogP contribution in [0.25, 0.3) is 0 Å². The molecule has 0 radical (unpaired) electrons. The van der Waals surface area contributed by atoms with Crippen LogP contribution in [0.1, 0.15) is 18.9 Å². The molecule has 0 unspecified atom stereocenters. The average Bonchev–Trinajstić information content (AvgIpc) is 2.39. The normalized spacial score (nSPS) is 9.52. The summed E-state index contributed by atoms with van der Waals surface area (Å²) < 4.78 is 11.9. The van der Waals surface area contributed by atoms with Crippen LogP contribution in [-0.4, -0.2) is 33.9 Å². The van der Waals surface area contributed by atoms with E-state index < -0.39 is 0 Å². The predicted octanol–water partition coefficient (Wildman–Crippen LogP) is 3.40. The van der Waals surface area contributed by atoms with Crippen LogP contribution >= 0.6 is 40.7 Å². The Morgan fingerprint density at radius 3 is 2.48 bits per heavy atom. The van der Waals surface area contributed by atoms with E-state index in [0.717, 1.165) is 42.0 Å². The fourth-order valence-corrected chi connectivity index (χ4v) is 2.46. The third-order valence-electron chi connectivity index (χ3n) is 2.68. The van der Waals surface area contributed by atoms with Crippen molar-refractivity contribution in [1.82, 2.24) is 10.6 Å². The maximum atomic E-state index is 5.60. The minimum absolute atomic E-state index is 0. The van der Waals surface area contributed by atoms with Crippen LogP contribution in [0, 0.1) is 0 Å². The first kappa shape index (κ1) is 23.1. The summed E-state index contributed by atoms with van der Waals surface area (Å²) in [5.74, 6) is 1.53. The van der Waals surface area contributed by atoms with Crippen molar-refractivity contribution in [3.05, 3.63) is 22.2 Å². The van der Waals surface area contributed by atoms with Crippen molar-refractivity contribution in [3.63, 3.8) is 0 Å². The number of rotatable bonds is 9. The van der Waals surface area contributed by atoms with Gasteiger partial charge in [0.15, 0.2) is 11.5 Å². The Labute approximate surface area is 148 Å². The molecular formula is C14H25BrCl2N2O2. The van der Waals surface area contributed by atoms with E-state index in [2.05, 4.69) is 32.6 Å². The summed E-state index contributed by atoms with van der Waals surface area (Å²) in [5, 5.41) is 6.55. The van der Waals surface area contributed by atoms with E-state index in [4.69, 9.17) is 9.47 Å². The first-order chi connectivity index (χ1) is 9.22. The molecule has 0 spiro atoms. The molecule has 0 aliphatic carbocycles. The van der Waals surface area contributed by atoms with Gasteiger partial charge in [-0.3, -0.25) is 0 Å². The fourth-order valence-electron chi connectivity index (χ4n) is 1.81. The average molecular weight is 404 g/mol. The summed E-state index contributed by atoms with van der Waals surface area (Å²) in [6, 6.07) is 4.09. The minimum Gasteiger partial charge on any atom is -0.492 e. The zero-order valence-electron chi connectivity index (χ0n) is 12.7. The summed E-state index contributed by atoms with van der Waals surface area (Å²) in [7, 11) is 3.62. The lowest BCUT2D eigenvalue weighted by molar-refractivity contribution is 0.309. The van der Waals surface area contributed by atoms with E-state index in [0.29, 0.717) is 6.61 Å². The number of halogens is 3. The first-order valence-electron chi connectivity index (χ1n) is 6.57. The van der Waals surface area contributed by atoms with Crippen molar-refractivity contribution < 1.29 is 9.47 Å². The number of nitrogens with one attached hydrogen (secondary N) is 2. The van der Waals surface area contributed by atoms with E-state index in [1.54, 1.807) is 7.11 Å². The molecule has 0 bridgehead atoms. The molecular weight excluding hydrogens is 379 g/mol. The summed E-state index contributed by atoms with van der Waals surface area (Å²) in [4.78, 5) is 0. The van der Waals surface area contributed by atoms with Crippen LogP contribution in [0.15, 0.2) is 16.6 Å². The van der Waals surface area contributed by atoms with Crippen molar-refractivity contribution in [2.75, 3.05) is 33.9 Å². The Kier molecular flexibility index (Phi) is 14.8. The molecule has 0 aromatic heterocycles. The quantitative estimate of drug-likeness (QED) is 0.620. The highest BCUT2D eigenvalue weighted by Crippen LogP contribution is 2.36. The first-order valence-corrected chi connectivity index (χ1v) is 7.36. The number of hydrogen-bond donors (Lipinski definition) is 2. The van der Waals surface area contributed by atoms with Crippen LogP contribution in [0.4, 0.5) is 0 Å². The molecule has 1 rings (SSSR count). The third kappa shape index (κ3) is 8.12. The molecule has 1 aromatic rings. The van der Waals surface area contributed by atoms with Gasteiger partial charge in [0.05, 0.1) is 18.2 Å². The van der Waals surface area contributed by atoms with Crippen molar-refractivity contribution in [2.24, 2.45) is 0 Å². The van der Waals surface area contributed by atoms with E-state index in [9.17, 15) is 0 Å². The van der Waals surface area contributed by atoms with Gasteiger partial charge >= 0.3 is 0 Å². The van der Waals surface area contributed by atoms with Crippen LogP contribution in [-0.2, 0) is 6.54 Å². The molecule has 7 heteroatoms. The van der Waals surface area contributed by atoms with Crippen molar-refractivity contribution in [2.45, 2.75) is 19.9 Å². The van der Waals surface area contributed by atoms with Crippen molar-refractivity contribution in [3.8, 4) is 11.5 Å². The second-order valence-electron chi connectivity index (χ2n) is 4.18. The highest BCUT2D eigenvalue weighted by molar-refractivity contribution is 9.10. The molecule has 21 heavy (non-hydrogen) atoms. The Morgan fingerprint density at radius 2 is 1.90 bits per heavy atom. The molecule has 1 aromatic carbocycles. The molecule has 0 aliphatic rings. The Bertz CT molecular complexity index is 395. The number of methoxy groups -OCH3 is 1. The molecule has 2 N–H and O–H groups in total. The van der Waals surface area contributed by atoms with Gasteiger partial charge in [-0.2, -0.15) is 0 Å². The van der Waals surface area contributed by atoms with Crippen molar-refractivity contribution >= 4 is 40.7 Å². The summed E-state index contributed by atoms with van der Waals surface area (Å²) in [5.41, 5.74) is 1.18. The van der Waals surface area contributed by atoms with Crippen LogP contribution in [0.5, 0.6) is 11.5 Å². The lowest BCUT2D eigenvalue weighted by Gasteiger charge is -2.13. The summed E-state index contributed by atoms with van der Waals surface area (Å²) in [6.45, 7) is 5.45. The largest absolute Gasteiger partial charge is 0.492 e. The van der Waals surface area contributed by atoms with Gasteiger partial charge in [-0.15, -0.1) is 24.8 Å². The third-order valence-corrected chi connectivity index (χ3v) is 3.27. The molecule has 124 valence electrons. The van der Waals surface area contributed by atoms with Gasteiger partial charge in [-0.25, -0.2) is 0 Å². The molecule has 4 nitrogen and oxygen atoms in total. The zero-order valence-corrected chi connectivity index (χ0v) is 15.9. The lowest BCUT2D eigenvalue weighted by Crippen LogP contribution is -2.19. The van der Waals surface area contributed by atoms with E-state index in [1.165, 1.54) is 5.56 Å². The maximum Gasteiger partial charge on any atom is 0.174 e. The predicted molar refractivity (Wildman–Crippen MR) is 96.6 cm³/mol. The van der Waals surface area contributed by atoms with E-state index in [1.807, 2.05) is 20.0 Å². The Morgan fingerprint density at radius 1 is 1.19 bits per heavy atom. The van der Waals surface area contributed by atoms with Crippen LogP contribution in [0.3, 0.4) is 0 Å². The van der Waals surface area contributed by atoms with Gasteiger partial charge in [0.25, 0.3) is 0 Å². The topological polar surface area (TPSA) is 42.5 Å². The molecule has 0 aliphatic heterocycles. The highest BCUT2D eigenvalue weighted by atomic mass is 79.9. The Hall–Kier alpha value is -0.200.